The van der Waals surface area contributed by atoms with Crippen molar-refractivity contribution < 1.29 is 4.79 Å². The molecule has 6 heteroatoms. The molecular formula is C9H9Cl3N2O. The summed E-state index contributed by atoms with van der Waals surface area (Å²) in [6, 6.07) is 2.49. The fourth-order valence-corrected chi connectivity index (χ4v) is 1.93. The second kappa shape index (κ2) is 5.03. The molecule has 0 saturated carbocycles. The van der Waals surface area contributed by atoms with Crippen LogP contribution in [0.1, 0.15) is 18.0 Å². The molecule has 0 radical (unpaired) electrons. The average Bonchev–Trinajstić information content (AvgIpc) is 2.09. The molecule has 82 valence electrons. The molecule has 0 aliphatic carbocycles. The van der Waals surface area contributed by atoms with Gasteiger partial charge in [-0.15, -0.1) is 0 Å². The number of rotatable bonds is 3. The van der Waals surface area contributed by atoms with E-state index in [2.05, 4.69) is 0 Å². The molecule has 0 aliphatic heterocycles. The SMILES string of the molecule is NC(=O)CC(N)c1cc(Cl)cc(Cl)c1Cl. The maximum atomic E-state index is 10.7. The molecule has 0 saturated heterocycles. The lowest BCUT2D eigenvalue weighted by Gasteiger charge is -2.13. The van der Waals surface area contributed by atoms with Crippen LogP contribution in [0.25, 0.3) is 0 Å². The molecule has 15 heavy (non-hydrogen) atoms. The molecule has 3 nitrogen and oxygen atoms in total. The Balaban J connectivity index is 3.07. The van der Waals surface area contributed by atoms with Gasteiger partial charge in [-0.3, -0.25) is 4.79 Å². The first-order chi connectivity index (χ1) is 6.91. The van der Waals surface area contributed by atoms with Crippen molar-refractivity contribution in [2.75, 3.05) is 0 Å². The van der Waals surface area contributed by atoms with Crippen molar-refractivity contribution in [1.29, 1.82) is 0 Å². The molecule has 0 bridgehead atoms. The number of carbonyl (C=O) groups is 1. The van der Waals surface area contributed by atoms with Gasteiger partial charge < -0.3 is 11.5 Å². The summed E-state index contributed by atoms with van der Waals surface area (Å²) in [5, 5.41) is 1.02. The second-order valence-electron chi connectivity index (χ2n) is 3.07. The van der Waals surface area contributed by atoms with Crippen molar-refractivity contribution >= 4 is 40.7 Å². The van der Waals surface area contributed by atoms with Gasteiger partial charge >= 0.3 is 0 Å². The molecule has 0 fully saturated rings. The van der Waals surface area contributed by atoms with Crippen LogP contribution in [0.15, 0.2) is 12.1 Å². The standard InChI is InChI=1S/C9H9Cl3N2O/c10-4-1-5(7(13)3-8(14)15)9(12)6(11)2-4/h1-2,7H,3,13H2,(H2,14,15). The number of primary amides is 1. The summed E-state index contributed by atoms with van der Waals surface area (Å²) in [4.78, 5) is 10.7. The maximum Gasteiger partial charge on any atom is 0.219 e. The lowest BCUT2D eigenvalue weighted by molar-refractivity contribution is -0.118. The van der Waals surface area contributed by atoms with E-state index in [0.29, 0.717) is 20.6 Å². The predicted octanol–water partition coefficient (Wildman–Crippen LogP) is 2.52. The zero-order valence-corrected chi connectivity index (χ0v) is 9.90. The zero-order valence-electron chi connectivity index (χ0n) is 7.64. The number of benzene rings is 1. The highest BCUT2D eigenvalue weighted by molar-refractivity contribution is 6.43. The van der Waals surface area contributed by atoms with Crippen LogP contribution in [0.2, 0.25) is 15.1 Å². The Morgan fingerprint density at radius 1 is 1.33 bits per heavy atom. The molecule has 0 spiro atoms. The van der Waals surface area contributed by atoms with Gasteiger partial charge in [0.05, 0.1) is 10.0 Å². The molecule has 1 amide bonds. The van der Waals surface area contributed by atoms with E-state index in [-0.39, 0.29) is 6.42 Å². The van der Waals surface area contributed by atoms with E-state index >= 15 is 0 Å². The van der Waals surface area contributed by atoms with Crippen LogP contribution in [0.3, 0.4) is 0 Å². The Hall–Kier alpha value is -0.480. The third-order valence-electron chi connectivity index (χ3n) is 1.84. The van der Waals surface area contributed by atoms with Crippen LogP contribution >= 0.6 is 34.8 Å². The van der Waals surface area contributed by atoms with Crippen LogP contribution in [0.4, 0.5) is 0 Å². The van der Waals surface area contributed by atoms with Crippen LogP contribution in [0.5, 0.6) is 0 Å². The summed E-state index contributed by atoms with van der Waals surface area (Å²) in [5.41, 5.74) is 11.3. The Kier molecular flexibility index (Phi) is 4.22. The first kappa shape index (κ1) is 12.6. The van der Waals surface area contributed by atoms with Crippen molar-refractivity contribution in [3.05, 3.63) is 32.8 Å². The Morgan fingerprint density at radius 2 is 1.93 bits per heavy atom. The lowest BCUT2D eigenvalue weighted by atomic mass is 10.0. The van der Waals surface area contributed by atoms with Crippen LogP contribution in [-0.4, -0.2) is 5.91 Å². The third kappa shape index (κ3) is 3.24. The molecule has 1 unspecified atom stereocenters. The number of halogens is 3. The highest BCUT2D eigenvalue weighted by atomic mass is 35.5. The number of amides is 1. The minimum Gasteiger partial charge on any atom is -0.370 e. The van der Waals surface area contributed by atoms with Crippen molar-refractivity contribution in [2.45, 2.75) is 12.5 Å². The zero-order chi connectivity index (χ0) is 11.6. The largest absolute Gasteiger partial charge is 0.370 e. The summed E-state index contributed by atoms with van der Waals surface area (Å²) < 4.78 is 0. The molecule has 1 atom stereocenters. The predicted molar refractivity (Wildman–Crippen MR) is 62.2 cm³/mol. The second-order valence-corrected chi connectivity index (χ2v) is 4.29. The molecule has 1 aromatic rings. The summed E-state index contributed by atoms with van der Waals surface area (Å²) >= 11 is 17.5. The van der Waals surface area contributed by atoms with Gasteiger partial charge in [0.2, 0.25) is 5.91 Å². The van der Waals surface area contributed by atoms with E-state index in [1.165, 1.54) is 6.07 Å². The molecule has 0 aliphatic rings. The van der Waals surface area contributed by atoms with Crippen LogP contribution in [0, 0.1) is 0 Å². The van der Waals surface area contributed by atoms with Crippen molar-refractivity contribution in [2.24, 2.45) is 11.5 Å². The quantitative estimate of drug-likeness (QED) is 0.826. The Labute approximate surface area is 102 Å². The fourth-order valence-electron chi connectivity index (χ4n) is 1.17. The fraction of sp³-hybridized carbons (Fsp3) is 0.222. The lowest BCUT2D eigenvalue weighted by Crippen LogP contribution is -2.21. The van der Waals surface area contributed by atoms with Crippen molar-refractivity contribution in [3.8, 4) is 0 Å². The molecule has 1 aromatic carbocycles. The van der Waals surface area contributed by atoms with Crippen LogP contribution in [-0.2, 0) is 4.79 Å². The van der Waals surface area contributed by atoms with E-state index in [4.69, 9.17) is 46.3 Å². The smallest absolute Gasteiger partial charge is 0.219 e. The van der Waals surface area contributed by atoms with Crippen LogP contribution < -0.4 is 11.5 Å². The van der Waals surface area contributed by atoms with E-state index in [1.54, 1.807) is 6.07 Å². The third-order valence-corrected chi connectivity index (χ3v) is 2.88. The summed E-state index contributed by atoms with van der Waals surface area (Å²) in [5.74, 6) is -0.505. The average molecular weight is 268 g/mol. The van der Waals surface area contributed by atoms with Gasteiger partial charge in [0.15, 0.2) is 0 Å². The minimum atomic E-state index is -0.591. The van der Waals surface area contributed by atoms with E-state index < -0.39 is 11.9 Å². The van der Waals surface area contributed by atoms with Gasteiger partial charge in [0.1, 0.15) is 0 Å². The minimum absolute atomic E-state index is 0.00358. The van der Waals surface area contributed by atoms with Gasteiger partial charge in [-0.05, 0) is 17.7 Å². The van der Waals surface area contributed by atoms with E-state index in [1.807, 2.05) is 0 Å². The maximum absolute atomic E-state index is 10.7. The number of carbonyl (C=O) groups excluding carboxylic acids is 1. The van der Waals surface area contributed by atoms with Gasteiger partial charge in [-0.2, -0.15) is 0 Å². The summed E-state index contributed by atoms with van der Waals surface area (Å²) in [6.07, 6.45) is -0.00358. The Bertz CT molecular complexity index is 395. The topological polar surface area (TPSA) is 69.1 Å². The summed E-state index contributed by atoms with van der Waals surface area (Å²) in [6.45, 7) is 0. The van der Waals surface area contributed by atoms with Gasteiger partial charge in [0.25, 0.3) is 0 Å². The first-order valence-corrected chi connectivity index (χ1v) is 5.23. The van der Waals surface area contributed by atoms with Gasteiger partial charge in [0, 0.05) is 17.5 Å². The molecule has 1 rings (SSSR count). The van der Waals surface area contributed by atoms with Crippen molar-refractivity contribution in [3.63, 3.8) is 0 Å². The number of hydrogen-bond donors (Lipinski definition) is 2. The molecule has 0 heterocycles. The normalized spacial score (nSPS) is 12.5. The van der Waals surface area contributed by atoms with Gasteiger partial charge in [-0.1, -0.05) is 34.8 Å². The van der Waals surface area contributed by atoms with E-state index in [9.17, 15) is 4.79 Å². The van der Waals surface area contributed by atoms with Crippen molar-refractivity contribution in [1.82, 2.24) is 0 Å². The summed E-state index contributed by atoms with van der Waals surface area (Å²) in [7, 11) is 0. The monoisotopic (exact) mass is 266 g/mol. The first-order valence-electron chi connectivity index (χ1n) is 4.10. The van der Waals surface area contributed by atoms with E-state index in [0.717, 1.165) is 0 Å². The van der Waals surface area contributed by atoms with Gasteiger partial charge in [-0.25, -0.2) is 0 Å². The Morgan fingerprint density at radius 3 is 2.47 bits per heavy atom. The highest BCUT2D eigenvalue weighted by Gasteiger charge is 2.15. The number of hydrogen-bond acceptors (Lipinski definition) is 2. The molecule has 4 N–H and O–H groups in total. The molecule has 0 aromatic heterocycles. The number of nitrogens with two attached hydrogens (primary N) is 2. The highest BCUT2D eigenvalue weighted by Crippen LogP contribution is 2.33. The molecular weight excluding hydrogens is 258 g/mol.